The first kappa shape index (κ1) is 13.4. The normalized spacial score (nSPS) is 19.0. The number of benzene rings is 1. The van der Waals surface area contributed by atoms with Gasteiger partial charge >= 0.3 is 5.97 Å². The van der Waals surface area contributed by atoms with Crippen LogP contribution in [0.4, 0.5) is 0 Å². The van der Waals surface area contributed by atoms with Gasteiger partial charge in [0, 0.05) is 18.7 Å². The lowest BCUT2D eigenvalue weighted by atomic mass is 9.97. The van der Waals surface area contributed by atoms with E-state index in [1.807, 2.05) is 0 Å². The highest BCUT2D eigenvalue weighted by Gasteiger charge is 2.29. The third-order valence-corrected chi connectivity index (χ3v) is 3.34. The molecular weight excluding hydrogens is 246 g/mol. The molecule has 102 valence electrons. The summed E-state index contributed by atoms with van der Waals surface area (Å²) in [5, 5.41) is 9.39. The maximum atomic E-state index is 12.3. The molecule has 1 amide bonds. The molecule has 0 bridgehead atoms. The number of nitrogens with zero attached hydrogens (tertiary/aromatic N) is 1. The van der Waals surface area contributed by atoms with Crippen LogP contribution < -0.4 is 0 Å². The van der Waals surface area contributed by atoms with Gasteiger partial charge in [-0.05, 0) is 31.0 Å². The van der Waals surface area contributed by atoms with Crippen LogP contribution in [0.2, 0.25) is 0 Å². The van der Waals surface area contributed by atoms with Gasteiger partial charge in [0.1, 0.15) is 5.75 Å². The van der Waals surface area contributed by atoms with E-state index in [-0.39, 0.29) is 23.5 Å². The van der Waals surface area contributed by atoms with Gasteiger partial charge in [0.05, 0.1) is 13.0 Å². The summed E-state index contributed by atoms with van der Waals surface area (Å²) in [5.74, 6) is -0.620. The van der Waals surface area contributed by atoms with E-state index in [1.165, 1.54) is 19.2 Å². The molecule has 1 N–H and O–H groups in total. The van der Waals surface area contributed by atoms with Crippen LogP contribution >= 0.6 is 0 Å². The van der Waals surface area contributed by atoms with Crippen LogP contribution in [0.15, 0.2) is 24.3 Å². The van der Waals surface area contributed by atoms with Crippen molar-refractivity contribution in [2.75, 3.05) is 20.2 Å². The number of rotatable bonds is 2. The number of amides is 1. The van der Waals surface area contributed by atoms with E-state index in [0.29, 0.717) is 18.7 Å². The zero-order chi connectivity index (χ0) is 13.8. The molecule has 1 fully saturated rings. The van der Waals surface area contributed by atoms with Gasteiger partial charge < -0.3 is 14.7 Å². The number of phenols is 1. The van der Waals surface area contributed by atoms with E-state index < -0.39 is 0 Å². The van der Waals surface area contributed by atoms with Gasteiger partial charge in [-0.25, -0.2) is 0 Å². The number of ether oxygens (including phenoxy) is 1. The van der Waals surface area contributed by atoms with Crippen molar-refractivity contribution in [1.82, 2.24) is 4.90 Å². The third kappa shape index (κ3) is 3.05. The minimum Gasteiger partial charge on any atom is -0.508 e. The molecule has 1 aromatic carbocycles. The predicted octanol–water partition coefficient (Wildman–Crippen LogP) is 1.42. The lowest BCUT2D eigenvalue weighted by Crippen LogP contribution is -2.42. The average Bonchev–Trinajstić information content (AvgIpc) is 2.45. The zero-order valence-electron chi connectivity index (χ0n) is 10.8. The van der Waals surface area contributed by atoms with E-state index in [9.17, 15) is 14.7 Å². The fraction of sp³-hybridized carbons (Fsp3) is 0.429. The predicted molar refractivity (Wildman–Crippen MR) is 68.8 cm³/mol. The molecule has 1 atom stereocenters. The standard InChI is InChI=1S/C14H17NO4/c1-19-14(18)11-5-3-7-15(9-11)13(17)10-4-2-6-12(16)8-10/h2,4,6,8,11,16H,3,5,7,9H2,1H3. The molecule has 19 heavy (non-hydrogen) atoms. The first-order valence-corrected chi connectivity index (χ1v) is 6.28. The Labute approximate surface area is 111 Å². The topological polar surface area (TPSA) is 66.8 Å². The first-order chi connectivity index (χ1) is 9.11. The Hall–Kier alpha value is -2.04. The van der Waals surface area contributed by atoms with Crippen LogP contribution in [-0.4, -0.2) is 42.1 Å². The van der Waals surface area contributed by atoms with Crippen molar-refractivity contribution in [2.45, 2.75) is 12.8 Å². The molecule has 0 aliphatic carbocycles. The number of aromatic hydroxyl groups is 1. The Kier molecular flexibility index (Phi) is 4.04. The van der Waals surface area contributed by atoms with Gasteiger partial charge in [-0.15, -0.1) is 0 Å². The number of phenolic OH excluding ortho intramolecular Hbond substituents is 1. The molecule has 0 aromatic heterocycles. The SMILES string of the molecule is COC(=O)C1CCCN(C(=O)c2cccc(O)c2)C1. The van der Waals surface area contributed by atoms with Gasteiger partial charge in [-0.2, -0.15) is 0 Å². The van der Waals surface area contributed by atoms with Crippen LogP contribution in [0.3, 0.4) is 0 Å². The largest absolute Gasteiger partial charge is 0.508 e. The average molecular weight is 263 g/mol. The number of hydrogen-bond acceptors (Lipinski definition) is 4. The second kappa shape index (κ2) is 5.73. The quantitative estimate of drug-likeness (QED) is 0.819. The summed E-state index contributed by atoms with van der Waals surface area (Å²) in [7, 11) is 1.36. The molecule has 1 aromatic rings. The zero-order valence-corrected chi connectivity index (χ0v) is 10.8. The summed E-state index contributed by atoms with van der Waals surface area (Å²) in [4.78, 5) is 25.4. The lowest BCUT2D eigenvalue weighted by molar-refractivity contribution is -0.146. The number of carbonyl (C=O) groups excluding carboxylic acids is 2. The maximum absolute atomic E-state index is 12.3. The second-order valence-electron chi connectivity index (χ2n) is 4.66. The van der Waals surface area contributed by atoms with Crippen molar-refractivity contribution in [3.63, 3.8) is 0 Å². The Morgan fingerprint density at radius 3 is 2.89 bits per heavy atom. The Balaban J connectivity index is 2.09. The minimum atomic E-state index is -0.270. The molecule has 0 spiro atoms. The fourth-order valence-electron chi connectivity index (χ4n) is 2.34. The van der Waals surface area contributed by atoms with Gasteiger partial charge in [0.25, 0.3) is 5.91 Å². The van der Waals surface area contributed by atoms with Gasteiger partial charge in [0.2, 0.25) is 0 Å². The summed E-state index contributed by atoms with van der Waals surface area (Å²) in [6.45, 7) is 1.00. The smallest absolute Gasteiger partial charge is 0.310 e. The van der Waals surface area contributed by atoms with E-state index in [4.69, 9.17) is 4.74 Å². The molecule has 1 aliphatic rings. The molecule has 5 heteroatoms. The van der Waals surface area contributed by atoms with Gasteiger partial charge in [-0.1, -0.05) is 6.07 Å². The number of carbonyl (C=O) groups is 2. The molecule has 2 rings (SSSR count). The molecule has 0 saturated carbocycles. The van der Waals surface area contributed by atoms with Gasteiger partial charge in [-0.3, -0.25) is 9.59 Å². The highest BCUT2D eigenvalue weighted by atomic mass is 16.5. The van der Waals surface area contributed by atoms with Crippen LogP contribution in [0.25, 0.3) is 0 Å². The summed E-state index contributed by atoms with van der Waals surface area (Å²) in [5.41, 5.74) is 0.436. The van der Waals surface area contributed by atoms with Crippen LogP contribution in [-0.2, 0) is 9.53 Å². The monoisotopic (exact) mass is 263 g/mol. The molecule has 0 radical (unpaired) electrons. The third-order valence-electron chi connectivity index (χ3n) is 3.34. The molecular formula is C14H17NO4. The van der Waals surface area contributed by atoms with Crippen molar-refractivity contribution < 1.29 is 19.4 Å². The maximum Gasteiger partial charge on any atom is 0.310 e. The van der Waals surface area contributed by atoms with Crippen LogP contribution in [0, 0.1) is 5.92 Å². The van der Waals surface area contributed by atoms with Crippen molar-refractivity contribution >= 4 is 11.9 Å². The van der Waals surface area contributed by atoms with E-state index >= 15 is 0 Å². The van der Waals surface area contributed by atoms with E-state index in [2.05, 4.69) is 0 Å². The summed E-state index contributed by atoms with van der Waals surface area (Å²) in [6, 6.07) is 6.24. The first-order valence-electron chi connectivity index (χ1n) is 6.28. The van der Waals surface area contributed by atoms with Crippen molar-refractivity contribution in [3.05, 3.63) is 29.8 Å². The fourth-order valence-corrected chi connectivity index (χ4v) is 2.34. The number of hydrogen-bond donors (Lipinski definition) is 1. The van der Waals surface area contributed by atoms with E-state index in [1.54, 1.807) is 17.0 Å². The minimum absolute atomic E-state index is 0.0624. The van der Waals surface area contributed by atoms with Crippen molar-refractivity contribution in [3.8, 4) is 5.75 Å². The Morgan fingerprint density at radius 1 is 1.42 bits per heavy atom. The Bertz CT molecular complexity index is 486. The molecule has 1 aliphatic heterocycles. The van der Waals surface area contributed by atoms with Crippen LogP contribution in [0.1, 0.15) is 23.2 Å². The molecule has 1 unspecified atom stereocenters. The summed E-state index contributed by atoms with van der Waals surface area (Å²) in [6.07, 6.45) is 1.53. The van der Waals surface area contributed by atoms with Crippen LogP contribution in [0.5, 0.6) is 5.75 Å². The highest BCUT2D eigenvalue weighted by molar-refractivity contribution is 5.95. The van der Waals surface area contributed by atoms with Crippen molar-refractivity contribution in [2.24, 2.45) is 5.92 Å². The second-order valence-corrected chi connectivity index (χ2v) is 4.66. The summed E-state index contributed by atoms with van der Waals surface area (Å²) >= 11 is 0. The summed E-state index contributed by atoms with van der Waals surface area (Å²) < 4.78 is 4.73. The Morgan fingerprint density at radius 2 is 2.21 bits per heavy atom. The molecule has 1 saturated heterocycles. The lowest BCUT2D eigenvalue weighted by Gasteiger charge is -2.31. The number of likely N-dealkylation sites (tertiary alicyclic amines) is 1. The number of piperidine rings is 1. The highest BCUT2D eigenvalue weighted by Crippen LogP contribution is 2.21. The number of esters is 1. The molecule has 1 heterocycles. The number of methoxy groups -OCH3 is 1. The van der Waals surface area contributed by atoms with E-state index in [0.717, 1.165) is 12.8 Å². The van der Waals surface area contributed by atoms with Crippen molar-refractivity contribution in [1.29, 1.82) is 0 Å². The molecule has 5 nitrogen and oxygen atoms in total. The van der Waals surface area contributed by atoms with Gasteiger partial charge in [0.15, 0.2) is 0 Å².